The van der Waals surface area contributed by atoms with E-state index in [1.165, 1.54) is 0 Å². The van der Waals surface area contributed by atoms with Gasteiger partial charge in [-0.1, -0.05) is 12.2 Å². The molecule has 0 aromatic carbocycles. The number of hydrogen-bond donors (Lipinski definition) is 0. The zero-order valence-corrected chi connectivity index (χ0v) is 5.65. The number of hydrogen-bond acceptors (Lipinski definition) is 1. The second-order valence-electron chi connectivity index (χ2n) is 1.11. The Labute approximate surface area is 58.5 Å². The van der Waals surface area contributed by atoms with E-state index in [9.17, 15) is 0 Å². The van der Waals surface area contributed by atoms with Crippen LogP contribution in [0.4, 0.5) is 0 Å². The Morgan fingerprint density at radius 3 is 2.75 bits per heavy atom. The molecule has 0 aliphatic carbocycles. The smallest absolute Gasteiger partial charge is 0.138 e. The lowest BCUT2D eigenvalue weighted by molar-refractivity contribution is 1.35. The molecule has 0 N–H and O–H groups in total. The van der Waals surface area contributed by atoms with E-state index >= 15 is 0 Å². The first-order chi connectivity index (χ1) is 3.81. The van der Waals surface area contributed by atoms with Crippen LogP contribution in [0, 0.1) is 11.3 Å². The van der Waals surface area contributed by atoms with Gasteiger partial charge in [0.25, 0.3) is 0 Å². The lowest BCUT2D eigenvalue weighted by Crippen LogP contribution is -1.84. The van der Waals surface area contributed by atoms with Crippen molar-refractivity contribution >= 4 is 23.2 Å². The number of nitriles is 1. The standard InChI is InChI=1S/C5H5Cl2N/c6-3-1-2-5(7)4-8/h1-2,5H,3H2/b2-1+. The van der Waals surface area contributed by atoms with Crippen LogP contribution in [0.5, 0.6) is 0 Å². The minimum Gasteiger partial charge on any atom is -0.196 e. The first kappa shape index (κ1) is 7.81. The molecule has 0 bridgehead atoms. The molecule has 0 aromatic heterocycles. The second kappa shape index (κ2) is 4.96. The van der Waals surface area contributed by atoms with E-state index in [-0.39, 0.29) is 0 Å². The number of halogens is 2. The third-order valence-corrected chi connectivity index (χ3v) is 0.939. The molecule has 8 heavy (non-hydrogen) atoms. The maximum atomic E-state index is 8.09. The third-order valence-electron chi connectivity index (χ3n) is 0.517. The van der Waals surface area contributed by atoms with Gasteiger partial charge in [-0.15, -0.1) is 23.2 Å². The van der Waals surface area contributed by atoms with E-state index in [1.54, 1.807) is 12.2 Å². The van der Waals surface area contributed by atoms with Gasteiger partial charge in [0.15, 0.2) is 0 Å². The van der Waals surface area contributed by atoms with Crippen molar-refractivity contribution in [1.29, 1.82) is 5.26 Å². The summed E-state index contributed by atoms with van der Waals surface area (Å²) < 4.78 is 0. The summed E-state index contributed by atoms with van der Waals surface area (Å²) >= 11 is 10.6. The summed E-state index contributed by atoms with van der Waals surface area (Å²) in [5.74, 6) is 0.408. The van der Waals surface area contributed by atoms with E-state index in [1.807, 2.05) is 6.07 Å². The van der Waals surface area contributed by atoms with Gasteiger partial charge < -0.3 is 0 Å². The van der Waals surface area contributed by atoms with Crippen molar-refractivity contribution in [1.82, 2.24) is 0 Å². The Morgan fingerprint density at radius 1 is 1.75 bits per heavy atom. The fourth-order valence-corrected chi connectivity index (χ4v) is 0.420. The van der Waals surface area contributed by atoms with E-state index in [0.717, 1.165) is 0 Å². The molecule has 0 saturated heterocycles. The first-order valence-electron chi connectivity index (χ1n) is 2.07. The zero-order valence-electron chi connectivity index (χ0n) is 4.14. The van der Waals surface area contributed by atoms with Crippen LogP contribution in [0.25, 0.3) is 0 Å². The number of alkyl halides is 2. The van der Waals surface area contributed by atoms with Gasteiger partial charge in [-0.05, 0) is 0 Å². The Morgan fingerprint density at radius 2 is 2.38 bits per heavy atom. The van der Waals surface area contributed by atoms with Crippen molar-refractivity contribution in [3.63, 3.8) is 0 Å². The maximum absolute atomic E-state index is 8.09. The molecule has 0 saturated carbocycles. The molecule has 3 heteroatoms. The normalized spacial score (nSPS) is 13.6. The van der Waals surface area contributed by atoms with Crippen LogP contribution < -0.4 is 0 Å². The Kier molecular flexibility index (Phi) is 4.84. The summed E-state index contributed by atoms with van der Waals surface area (Å²) in [7, 11) is 0. The predicted octanol–water partition coefficient (Wildman–Crippen LogP) is 1.91. The zero-order chi connectivity index (χ0) is 6.41. The summed E-state index contributed by atoms with van der Waals surface area (Å²) in [6, 6.07) is 1.82. The second-order valence-corrected chi connectivity index (χ2v) is 1.89. The van der Waals surface area contributed by atoms with Gasteiger partial charge in [0.2, 0.25) is 0 Å². The van der Waals surface area contributed by atoms with Crippen molar-refractivity contribution in [2.75, 3.05) is 5.88 Å². The predicted molar refractivity (Wildman–Crippen MR) is 35.1 cm³/mol. The Hall–Kier alpha value is -0.190. The van der Waals surface area contributed by atoms with E-state index < -0.39 is 5.38 Å². The Bertz CT molecular complexity index is 114. The molecular weight excluding hydrogens is 145 g/mol. The molecule has 0 radical (unpaired) electrons. The topological polar surface area (TPSA) is 23.8 Å². The van der Waals surface area contributed by atoms with E-state index in [4.69, 9.17) is 28.5 Å². The number of allylic oxidation sites excluding steroid dienone is 2. The lowest BCUT2D eigenvalue weighted by atomic mass is 10.4. The number of rotatable bonds is 2. The molecule has 1 atom stereocenters. The maximum Gasteiger partial charge on any atom is 0.138 e. The fourth-order valence-electron chi connectivity index (χ4n) is 0.214. The van der Waals surface area contributed by atoms with Gasteiger partial charge in [-0.25, -0.2) is 0 Å². The fraction of sp³-hybridized carbons (Fsp3) is 0.400. The quantitative estimate of drug-likeness (QED) is 0.435. The van der Waals surface area contributed by atoms with E-state index in [0.29, 0.717) is 5.88 Å². The van der Waals surface area contributed by atoms with Crippen molar-refractivity contribution in [3.8, 4) is 6.07 Å². The van der Waals surface area contributed by atoms with Crippen molar-refractivity contribution in [3.05, 3.63) is 12.2 Å². The molecule has 0 spiro atoms. The average molecular weight is 150 g/mol. The molecule has 1 unspecified atom stereocenters. The van der Waals surface area contributed by atoms with Crippen LogP contribution in [0.2, 0.25) is 0 Å². The number of nitrogens with zero attached hydrogens (tertiary/aromatic N) is 1. The van der Waals surface area contributed by atoms with Crippen LogP contribution in [0.15, 0.2) is 12.2 Å². The largest absolute Gasteiger partial charge is 0.196 e. The van der Waals surface area contributed by atoms with Gasteiger partial charge >= 0.3 is 0 Å². The minimum atomic E-state index is -0.534. The molecule has 0 heterocycles. The van der Waals surface area contributed by atoms with Gasteiger partial charge in [0, 0.05) is 5.88 Å². The molecule has 44 valence electrons. The SMILES string of the molecule is N#CC(Cl)/C=C/CCl. The highest BCUT2D eigenvalue weighted by atomic mass is 35.5. The molecule has 0 aliphatic rings. The van der Waals surface area contributed by atoms with Gasteiger partial charge in [0.1, 0.15) is 5.38 Å². The van der Waals surface area contributed by atoms with Gasteiger partial charge in [-0.2, -0.15) is 5.26 Å². The van der Waals surface area contributed by atoms with Crippen LogP contribution in [0.1, 0.15) is 0 Å². The van der Waals surface area contributed by atoms with Crippen molar-refractivity contribution in [2.24, 2.45) is 0 Å². The van der Waals surface area contributed by atoms with E-state index in [2.05, 4.69) is 0 Å². The minimum absolute atomic E-state index is 0.408. The van der Waals surface area contributed by atoms with Crippen LogP contribution in [-0.2, 0) is 0 Å². The van der Waals surface area contributed by atoms with Crippen LogP contribution in [-0.4, -0.2) is 11.3 Å². The Balaban J connectivity index is 3.40. The summed E-state index contributed by atoms with van der Waals surface area (Å²) in [6.45, 7) is 0. The highest BCUT2D eigenvalue weighted by Gasteiger charge is 1.90. The summed E-state index contributed by atoms with van der Waals surface area (Å²) in [5.41, 5.74) is 0. The van der Waals surface area contributed by atoms with Crippen molar-refractivity contribution in [2.45, 2.75) is 5.38 Å². The summed E-state index contributed by atoms with van der Waals surface area (Å²) in [6.07, 6.45) is 3.19. The summed E-state index contributed by atoms with van der Waals surface area (Å²) in [4.78, 5) is 0. The lowest BCUT2D eigenvalue weighted by Gasteiger charge is -1.82. The molecule has 0 amide bonds. The van der Waals surface area contributed by atoms with Crippen molar-refractivity contribution < 1.29 is 0 Å². The van der Waals surface area contributed by atoms with Gasteiger partial charge in [-0.3, -0.25) is 0 Å². The molecule has 1 nitrogen and oxygen atoms in total. The molecule has 0 rings (SSSR count). The molecule has 0 aliphatic heterocycles. The van der Waals surface area contributed by atoms with Crippen LogP contribution in [0.3, 0.4) is 0 Å². The first-order valence-corrected chi connectivity index (χ1v) is 3.04. The molecule has 0 fully saturated rings. The van der Waals surface area contributed by atoms with Gasteiger partial charge in [0.05, 0.1) is 6.07 Å². The highest BCUT2D eigenvalue weighted by Crippen LogP contribution is 1.94. The average Bonchev–Trinajstić information content (AvgIpc) is 1.83. The highest BCUT2D eigenvalue weighted by molar-refractivity contribution is 6.23. The molecule has 0 aromatic rings. The van der Waals surface area contributed by atoms with Crippen LogP contribution >= 0.6 is 23.2 Å². The monoisotopic (exact) mass is 149 g/mol. The molecular formula is C5H5Cl2N. The summed E-state index contributed by atoms with van der Waals surface area (Å²) in [5, 5.41) is 7.55. The third kappa shape index (κ3) is 3.98.